The van der Waals surface area contributed by atoms with Crippen LogP contribution in [0.15, 0.2) is 195 Å². The summed E-state index contributed by atoms with van der Waals surface area (Å²) in [5.41, 5.74) is 7.04. The lowest BCUT2D eigenvalue weighted by molar-refractivity contribution is 1.65. The van der Waals surface area contributed by atoms with Gasteiger partial charge < -0.3 is 0 Å². The molecular formula is C52H34S2. The predicted molar refractivity (Wildman–Crippen MR) is 242 cm³/mol. The van der Waals surface area contributed by atoms with Gasteiger partial charge >= 0.3 is 0 Å². The number of hydrogen-bond donors (Lipinski definition) is 0. The number of benzene rings is 8. The molecule has 10 rings (SSSR count). The summed E-state index contributed by atoms with van der Waals surface area (Å²) in [6.45, 7) is 8.28. The maximum Gasteiger partial charge on any atom is 0.0540 e. The lowest BCUT2D eigenvalue weighted by atomic mass is 9.85. The van der Waals surface area contributed by atoms with Gasteiger partial charge in [0, 0.05) is 30.9 Å². The molecule has 0 atom stereocenters. The molecule has 0 saturated heterocycles. The van der Waals surface area contributed by atoms with Crippen LogP contribution < -0.4 is 0 Å². The summed E-state index contributed by atoms with van der Waals surface area (Å²) in [7, 11) is 0. The van der Waals surface area contributed by atoms with Gasteiger partial charge in [0.15, 0.2) is 0 Å². The molecule has 0 spiro atoms. The molecule has 10 aromatic rings. The Labute approximate surface area is 322 Å². The zero-order valence-corrected chi connectivity index (χ0v) is 31.2. The van der Waals surface area contributed by atoms with E-state index in [1.54, 1.807) is 0 Å². The molecule has 0 saturated carbocycles. The van der Waals surface area contributed by atoms with Crippen LogP contribution in [0, 0.1) is 0 Å². The third kappa shape index (κ3) is 5.10. The fraction of sp³-hybridized carbons (Fsp3) is 0. The van der Waals surface area contributed by atoms with Crippen molar-refractivity contribution >= 4 is 106 Å². The van der Waals surface area contributed by atoms with Gasteiger partial charge in [-0.25, -0.2) is 0 Å². The van der Waals surface area contributed by atoms with E-state index in [0.29, 0.717) is 0 Å². The van der Waals surface area contributed by atoms with E-state index < -0.39 is 0 Å². The second kappa shape index (κ2) is 13.3. The van der Waals surface area contributed by atoms with Gasteiger partial charge in [-0.1, -0.05) is 177 Å². The lowest BCUT2D eigenvalue weighted by Crippen LogP contribution is -1.93. The van der Waals surface area contributed by atoms with Crippen LogP contribution >= 0.6 is 22.7 Å². The second-order valence-corrected chi connectivity index (χ2v) is 15.7. The number of rotatable bonds is 7. The van der Waals surface area contributed by atoms with Crippen molar-refractivity contribution < 1.29 is 0 Å². The Hall–Kier alpha value is -6.32. The van der Waals surface area contributed by atoms with Crippen molar-refractivity contribution in [3.8, 4) is 11.1 Å². The molecule has 2 aromatic heterocycles. The Balaban J connectivity index is 1.15. The van der Waals surface area contributed by atoms with Crippen molar-refractivity contribution in [1.29, 1.82) is 0 Å². The number of fused-ring (bicyclic) bond motifs is 12. The first-order chi connectivity index (χ1) is 26.7. The lowest BCUT2D eigenvalue weighted by Gasteiger charge is -2.18. The molecule has 254 valence electrons. The largest absolute Gasteiger partial charge is 0.134 e. The first-order valence-corrected chi connectivity index (χ1v) is 19.9. The Bertz CT molecular complexity index is 3180. The molecule has 0 N–H and O–H groups in total. The maximum atomic E-state index is 4.15. The Kier molecular flexibility index (Phi) is 7.95. The predicted octanol–water partition coefficient (Wildman–Crippen LogP) is 15.9. The first kappa shape index (κ1) is 32.3. The van der Waals surface area contributed by atoms with Crippen molar-refractivity contribution in [3.63, 3.8) is 0 Å². The quantitative estimate of drug-likeness (QED) is 0.113. The van der Waals surface area contributed by atoms with Crippen molar-refractivity contribution in [1.82, 2.24) is 0 Å². The van der Waals surface area contributed by atoms with Crippen molar-refractivity contribution in [2.24, 2.45) is 0 Å². The molecule has 0 unspecified atom stereocenters. The third-order valence-electron chi connectivity index (χ3n) is 10.6. The molecule has 2 heterocycles. The molecule has 54 heavy (non-hydrogen) atoms. The average molecular weight is 723 g/mol. The Morgan fingerprint density at radius 3 is 1.54 bits per heavy atom. The minimum absolute atomic E-state index is 1.10. The van der Waals surface area contributed by atoms with E-state index >= 15 is 0 Å². The van der Waals surface area contributed by atoms with Crippen LogP contribution in [-0.4, -0.2) is 0 Å². The van der Waals surface area contributed by atoms with Crippen LogP contribution in [0.25, 0.3) is 94.9 Å². The highest BCUT2D eigenvalue weighted by molar-refractivity contribution is 7.33. The van der Waals surface area contributed by atoms with Gasteiger partial charge in [0.05, 0.1) is 9.40 Å². The second-order valence-electron chi connectivity index (χ2n) is 13.6. The average Bonchev–Trinajstić information content (AvgIpc) is 3.81. The molecule has 0 nitrogen and oxygen atoms in total. The van der Waals surface area contributed by atoms with Gasteiger partial charge in [-0.2, -0.15) is 0 Å². The van der Waals surface area contributed by atoms with Crippen LogP contribution in [0.1, 0.15) is 11.1 Å². The molecule has 0 aliphatic rings. The molecular weight excluding hydrogens is 689 g/mol. The minimum Gasteiger partial charge on any atom is -0.134 e. The zero-order valence-electron chi connectivity index (χ0n) is 29.6. The molecule has 0 fully saturated rings. The first-order valence-electron chi connectivity index (χ1n) is 18.2. The summed E-state index contributed by atoms with van der Waals surface area (Å²) < 4.78 is 5.39. The van der Waals surface area contributed by atoms with E-state index in [2.05, 4.69) is 183 Å². The summed E-state index contributed by atoms with van der Waals surface area (Å²) in [5.74, 6) is 0. The smallest absolute Gasteiger partial charge is 0.0540 e. The number of allylic oxidation sites excluding steroid dienone is 8. The van der Waals surface area contributed by atoms with E-state index in [0.717, 1.165) is 16.7 Å². The monoisotopic (exact) mass is 722 g/mol. The SMILES string of the molecule is C=C/C=C(/C=C\C(=C\C=C)c1c2ccccc2c(-c2ccccc2)c2ccccc12)c1ccc2sc3c4sc5ccccc5c4c4ccccc4c3c2c1. The highest BCUT2D eigenvalue weighted by atomic mass is 32.1. The molecule has 0 amide bonds. The van der Waals surface area contributed by atoms with Crippen molar-refractivity contribution in [2.75, 3.05) is 0 Å². The zero-order chi connectivity index (χ0) is 36.2. The van der Waals surface area contributed by atoms with E-state index in [1.807, 2.05) is 34.8 Å². The van der Waals surface area contributed by atoms with Crippen molar-refractivity contribution in [3.05, 3.63) is 206 Å². The third-order valence-corrected chi connectivity index (χ3v) is 13.1. The van der Waals surface area contributed by atoms with Crippen LogP contribution in [0.2, 0.25) is 0 Å². The molecule has 0 aliphatic carbocycles. The topological polar surface area (TPSA) is 0 Å². The summed E-state index contributed by atoms with van der Waals surface area (Å²) in [6.07, 6.45) is 12.5. The van der Waals surface area contributed by atoms with Gasteiger partial charge in [0.2, 0.25) is 0 Å². The minimum atomic E-state index is 1.10. The molecule has 8 aromatic carbocycles. The normalized spacial score (nSPS) is 12.7. The van der Waals surface area contributed by atoms with Crippen LogP contribution in [0.5, 0.6) is 0 Å². The van der Waals surface area contributed by atoms with Crippen LogP contribution in [0.3, 0.4) is 0 Å². The van der Waals surface area contributed by atoms with Gasteiger partial charge in [-0.15, -0.1) is 22.7 Å². The highest BCUT2D eigenvalue weighted by Gasteiger charge is 2.19. The number of hydrogen-bond acceptors (Lipinski definition) is 2. The summed E-state index contributed by atoms with van der Waals surface area (Å²) in [5, 5.41) is 12.9. The summed E-state index contributed by atoms with van der Waals surface area (Å²) in [4.78, 5) is 0. The Morgan fingerprint density at radius 2 is 0.907 bits per heavy atom. The highest BCUT2D eigenvalue weighted by Crippen LogP contribution is 2.49. The molecule has 0 aliphatic heterocycles. The fourth-order valence-corrected chi connectivity index (χ4v) is 10.9. The molecule has 0 bridgehead atoms. The van der Waals surface area contributed by atoms with Gasteiger partial charge in [0.1, 0.15) is 0 Å². The van der Waals surface area contributed by atoms with E-state index in [1.165, 1.54) is 89.4 Å². The fourth-order valence-electron chi connectivity index (χ4n) is 8.36. The van der Waals surface area contributed by atoms with E-state index in [4.69, 9.17) is 0 Å². The number of thiophene rings is 2. The van der Waals surface area contributed by atoms with Gasteiger partial charge in [-0.3, -0.25) is 0 Å². The van der Waals surface area contributed by atoms with E-state index in [9.17, 15) is 0 Å². The summed E-state index contributed by atoms with van der Waals surface area (Å²) in [6, 6.07) is 53.0. The van der Waals surface area contributed by atoms with Gasteiger partial charge in [-0.05, 0) is 83.9 Å². The molecule has 0 radical (unpaired) electrons. The maximum absolute atomic E-state index is 4.15. The van der Waals surface area contributed by atoms with Crippen molar-refractivity contribution in [2.45, 2.75) is 0 Å². The summed E-state index contributed by atoms with van der Waals surface area (Å²) >= 11 is 3.83. The van der Waals surface area contributed by atoms with Crippen LogP contribution in [0.4, 0.5) is 0 Å². The molecule has 2 heteroatoms. The standard InChI is InChI=1S/C52H34S2/c1-3-16-33(28-29-34(17-4-2)47-37-20-8-10-22-39(37)48(35-18-6-5-7-19-35)40-23-11-9-21-38(40)47)36-30-31-46-44(32-36)50-42-25-13-12-24-41(42)49-43-26-14-15-27-45(43)53-51(49)52(50)54-46/h3-32H,1-2H2/b29-28-,33-16-,34-17-. The van der Waals surface area contributed by atoms with Gasteiger partial charge in [0.25, 0.3) is 0 Å². The Morgan fingerprint density at radius 1 is 0.426 bits per heavy atom. The van der Waals surface area contributed by atoms with Crippen LogP contribution in [-0.2, 0) is 0 Å². The van der Waals surface area contributed by atoms with E-state index in [-0.39, 0.29) is 0 Å².